The SMILES string of the molecule is COCC1(C(=O)NC2CCCN(c3ccc(C)cc3)C2=O)CCNCC1. The highest BCUT2D eigenvalue weighted by Crippen LogP contribution is 2.30. The van der Waals surface area contributed by atoms with Crippen LogP contribution in [0.1, 0.15) is 31.2 Å². The maximum absolute atomic E-state index is 13.0. The summed E-state index contributed by atoms with van der Waals surface area (Å²) in [6.45, 7) is 4.71. The number of anilines is 1. The molecule has 0 spiro atoms. The van der Waals surface area contributed by atoms with Crippen molar-refractivity contribution < 1.29 is 14.3 Å². The standard InChI is InChI=1S/C20H29N3O3/c1-15-5-7-16(8-6-15)23-13-3-4-17(18(23)24)22-19(25)20(14-26-2)9-11-21-12-10-20/h5-8,17,21H,3-4,9-14H2,1-2H3,(H,22,25). The summed E-state index contributed by atoms with van der Waals surface area (Å²) in [6, 6.07) is 7.50. The molecule has 1 aromatic rings. The molecule has 2 amide bonds. The average Bonchev–Trinajstić information content (AvgIpc) is 2.65. The lowest BCUT2D eigenvalue weighted by molar-refractivity contribution is -0.139. The van der Waals surface area contributed by atoms with E-state index in [0.29, 0.717) is 19.6 Å². The lowest BCUT2D eigenvalue weighted by Gasteiger charge is -2.38. The Morgan fingerprint density at radius 1 is 1.31 bits per heavy atom. The van der Waals surface area contributed by atoms with Gasteiger partial charge in [0.2, 0.25) is 11.8 Å². The van der Waals surface area contributed by atoms with Crippen LogP contribution in [0.3, 0.4) is 0 Å². The molecule has 142 valence electrons. The molecular formula is C20H29N3O3. The van der Waals surface area contributed by atoms with Gasteiger partial charge in [-0.15, -0.1) is 0 Å². The van der Waals surface area contributed by atoms with Crippen LogP contribution in [-0.4, -0.2) is 51.2 Å². The van der Waals surface area contributed by atoms with Gasteiger partial charge in [-0.05, 0) is 57.8 Å². The number of rotatable bonds is 5. The Hall–Kier alpha value is -1.92. The number of aryl methyl sites for hydroxylation is 1. The zero-order valence-corrected chi connectivity index (χ0v) is 15.7. The van der Waals surface area contributed by atoms with Gasteiger partial charge in [0.05, 0.1) is 12.0 Å². The number of nitrogens with zero attached hydrogens (tertiary/aromatic N) is 1. The molecule has 2 fully saturated rings. The average molecular weight is 359 g/mol. The molecule has 2 aliphatic rings. The van der Waals surface area contributed by atoms with E-state index in [-0.39, 0.29) is 11.8 Å². The van der Waals surface area contributed by atoms with Crippen LogP contribution in [0.25, 0.3) is 0 Å². The quantitative estimate of drug-likeness (QED) is 0.838. The van der Waals surface area contributed by atoms with E-state index in [1.54, 1.807) is 12.0 Å². The predicted molar refractivity (Wildman–Crippen MR) is 101 cm³/mol. The van der Waals surface area contributed by atoms with Gasteiger partial charge in [-0.2, -0.15) is 0 Å². The van der Waals surface area contributed by atoms with Gasteiger partial charge >= 0.3 is 0 Å². The number of ether oxygens (including phenoxy) is 1. The van der Waals surface area contributed by atoms with Gasteiger partial charge in [-0.25, -0.2) is 0 Å². The third-order valence-corrected chi connectivity index (χ3v) is 5.55. The number of benzene rings is 1. The van der Waals surface area contributed by atoms with Gasteiger partial charge in [0.25, 0.3) is 0 Å². The van der Waals surface area contributed by atoms with Crippen LogP contribution >= 0.6 is 0 Å². The molecule has 0 radical (unpaired) electrons. The second kappa shape index (κ2) is 8.18. The first-order valence-corrected chi connectivity index (χ1v) is 9.44. The predicted octanol–water partition coefficient (Wildman–Crippen LogP) is 1.62. The van der Waals surface area contributed by atoms with Crippen molar-refractivity contribution in [2.24, 2.45) is 5.41 Å². The summed E-state index contributed by atoms with van der Waals surface area (Å²) in [7, 11) is 1.63. The molecule has 3 rings (SSSR count). The number of hydrogen-bond donors (Lipinski definition) is 2. The van der Waals surface area contributed by atoms with Crippen molar-refractivity contribution in [3.8, 4) is 0 Å². The molecule has 0 saturated carbocycles. The zero-order chi connectivity index (χ0) is 18.6. The van der Waals surface area contributed by atoms with Crippen molar-refractivity contribution >= 4 is 17.5 Å². The molecule has 2 saturated heterocycles. The highest BCUT2D eigenvalue weighted by Gasteiger charge is 2.42. The summed E-state index contributed by atoms with van der Waals surface area (Å²) >= 11 is 0. The van der Waals surface area contributed by atoms with Crippen LogP contribution in [0.4, 0.5) is 5.69 Å². The molecule has 1 atom stereocenters. The van der Waals surface area contributed by atoms with E-state index < -0.39 is 11.5 Å². The molecule has 0 bridgehead atoms. The van der Waals surface area contributed by atoms with Crippen molar-refractivity contribution in [1.29, 1.82) is 0 Å². The molecule has 2 N–H and O–H groups in total. The van der Waals surface area contributed by atoms with E-state index in [0.717, 1.165) is 43.6 Å². The monoisotopic (exact) mass is 359 g/mol. The van der Waals surface area contributed by atoms with Gasteiger partial charge in [-0.3, -0.25) is 9.59 Å². The molecule has 26 heavy (non-hydrogen) atoms. The summed E-state index contributed by atoms with van der Waals surface area (Å²) in [4.78, 5) is 27.8. The first kappa shape index (κ1) is 18.9. The van der Waals surface area contributed by atoms with Gasteiger partial charge in [0.1, 0.15) is 6.04 Å². The maximum Gasteiger partial charge on any atom is 0.249 e. The Bertz CT molecular complexity index is 633. The molecule has 2 heterocycles. The summed E-state index contributed by atoms with van der Waals surface area (Å²) < 4.78 is 5.34. The normalized spacial score (nSPS) is 22.9. The maximum atomic E-state index is 13.0. The third-order valence-electron chi connectivity index (χ3n) is 5.55. The fourth-order valence-corrected chi connectivity index (χ4v) is 3.92. The van der Waals surface area contributed by atoms with Crippen molar-refractivity contribution in [1.82, 2.24) is 10.6 Å². The van der Waals surface area contributed by atoms with Crippen LogP contribution in [-0.2, 0) is 14.3 Å². The Balaban J connectivity index is 1.71. The van der Waals surface area contributed by atoms with Crippen LogP contribution in [0.5, 0.6) is 0 Å². The molecule has 1 unspecified atom stereocenters. The molecule has 0 aromatic heterocycles. The van der Waals surface area contributed by atoms with Crippen LogP contribution in [0, 0.1) is 12.3 Å². The summed E-state index contributed by atoms with van der Waals surface area (Å²) in [5.74, 6) is -0.0695. The molecule has 0 aliphatic carbocycles. The van der Waals surface area contributed by atoms with E-state index in [1.807, 2.05) is 31.2 Å². The fourth-order valence-electron chi connectivity index (χ4n) is 3.92. The number of carbonyl (C=O) groups is 2. The smallest absolute Gasteiger partial charge is 0.249 e. The minimum Gasteiger partial charge on any atom is -0.384 e. The zero-order valence-electron chi connectivity index (χ0n) is 15.7. The minimum atomic E-state index is -0.535. The van der Waals surface area contributed by atoms with Crippen molar-refractivity contribution in [2.45, 2.75) is 38.6 Å². The van der Waals surface area contributed by atoms with E-state index in [9.17, 15) is 9.59 Å². The Kier molecular flexibility index (Phi) is 5.94. The van der Waals surface area contributed by atoms with Gasteiger partial charge in [0.15, 0.2) is 0 Å². The third kappa shape index (κ3) is 3.91. The van der Waals surface area contributed by atoms with Gasteiger partial charge in [0, 0.05) is 19.3 Å². The van der Waals surface area contributed by atoms with Crippen LogP contribution in [0.15, 0.2) is 24.3 Å². The number of nitrogens with one attached hydrogen (secondary N) is 2. The number of piperidine rings is 2. The van der Waals surface area contributed by atoms with E-state index in [4.69, 9.17) is 4.74 Å². The lowest BCUT2D eigenvalue weighted by Crippen LogP contribution is -2.57. The topological polar surface area (TPSA) is 70.7 Å². The molecular weight excluding hydrogens is 330 g/mol. The number of amides is 2. The number of hydrogen-bond acceptors (Lipinski definition) is 4. The number of methoxy groups -OCH3 is 1. The Morgan fingerprint density at radius 2 is 2.00 bits per heavy atom. The highest BCUT2D eigenvalue weighted by molar-refractivity contribution is 6.00. The van der Waals surface area contributed by atoms with Crippen molar-refractivity contribution in [2.75, 3.05) is 38.3 Å². The van der Waals surface area contributed by atoms with E-state index in [1.165, 1.54) is 0 Å². The minimum absolute atomic E-state index is 0.0186. The highest BCUT2D eigenvalue weighted by atomic mass is 16.5. The fraction of sp³-hybridized carbons (Fsp3) is 0.600. The second-order valence-electron chi connectivity index (χ2n) is 7.46. The molecule has 1 aromatic carbocycles. The number of carbonyl (C=O) groups excluding carboxylic acids is 2. The van der Waals surface area contributed by atoms with Crippen LogP contribution in [0.2, 0.25) is 0 Å². The van der Waals surface area contributed by atoms with E-state index >= 15 is 0 Å². The first-order chi connectivity index (χ1) is 12.6. The van der Waals surface area contributed by atoms with E-state index in [2.05, 4.69) is 10.6 Å². The largest absolute Gasteiger partial charge is 0.384 e. The second-order valence-corrected chi connectivity index (χ2v) is 7.46. The Morgan fingerprint density at radius 3 is 2.65 bits per heavy atom. The Labute approximate surface area is 155 Å². The van der Waals surface area contributed by atoms with Crippen molar-refractivity contribution in [3.63, 3.8) is 0 Å². The summed E-state index contributed by atoms with van der Waals surface area (Å²) in [6.07, 6.45) is 3.03. The molecule has 6 heteroatoms. The van der Waals surface area contributed by atoms with Gasteiger partial charge < -0.3 is 20.3 Å². The molecule has 2 aliphatic heterocycles. The first-order valence-electron chi connectivity index (χ1n) is 9.44. The van der Waals surface area contributed by atoms with Crippen LogP contribution < -0.4 is 15.5 Å². The lowest BCUT2D eigenvalue weighted by atomic mass is 9.78. The summed E-state index contributed by atoms with van der Waals surface area (Å²) in [5, 5.41) is 6.32. The van der Waals surface area contributed by atoms with Crippen molar-refractivity contribution in [3.05, 3.63) is 29.8 Å². The molecule has 6 nitrogen and oxygen atoms in total. The van der Waals surface area contributed by atoms with Gasteiger partial charge in [-0.1, -0.05) is 17.7 Å². The summed E-state index contributed by atoms with van der Waals surface area (Å²) in [5.41, 5.74) is 1.52.